The third-order valence-corrected chi connectivity index (χ3v) is 5.81. The maximum absolute atomic E-state index is 12.9. The van der Waals surface area contributed by atoms with Crippen LogP contribution in [0.25, 0.3) is 0 Å². The first kappa shape index (κ1) is 19.8. The topological polar surface area (TPSA) is 80.8 Å². The van der Waals surface area contributed by atoms with Gasteiger partial charge in [0.05, 0.1) is 24.4 Å². The summed E-state index contributed by atoms with van der Waals surface area (Å²) in [7, 11) is 0. The number of ether oxygens (including phenoxy) is 1. The molecule has 0 N–H and O–H groups in total. The summed E-state index contributed by atoms with van der Waals surface area (Å²) >= 11 is 0. The predicted molar refractivity (Wildman–Crippen MR) is 107 cm³/mol. The summed E-state index contributed by atoms with van der Waals surface area (Å²) in [6, 6.07) is 4.73. The van der Waals surface area contributed by atoms with Gasteiger partial charge in [0.25, 0.3) is 5.91 Å². The fourth-order valence-corrected chi connectivity index (χ4v) is 4.20. The summed E-state index contributed by atoms with van der Waals surface area (Å²) in [5.41, 5.74) is 0.551. The molecule has 0 atom stereocenters. The van der Waals surface area contributed by atoms with Gasteiger partial charge in [0.15, 0.2) is 11.2 Å². The lowest BCUT2D eigenvalue weighted by Gasteiger charge is -2.47. The second-order valence-electron chi connectivity index (χ2n) is 7.97. The van der Waals surface area contributed by atoms with E-state index >= 15 is 0 Å². The quantitative estimate of drug-likeness (QED) is 0.777. The van der Waals surface area contributed by atoms with Crippen LogP contribution in [0.1, 0.15) is 41.8 Å². The van der Waals surface area contributed by atoms with Crippen LogP contribution in [0, 0.1) is 6.92 Å². The highest BCUT2D eigenvalue weighted by Crippen LogP contribution is 2.31. The minimum atomic E-state index is -0.322. The Labute approximate surface area is 170 Å². The van der Waals surface area contributed by atoms with E-state index < -0.39 is 0 Å². The summed E-state index contributed by atoms with van der Waals surface area (Å²) in [6.45, 7) is 8.82. The maximum atomic E-state index is 12.9. The largest absolute Gasteiger partial charge is 0.456 e. The maximum Gasteiger partial charge on any atom is 0.289 e. The minimum absolute atomic E-state index is 0.107. The van der Waals surface area contributed by atoms with Gasteiger partial charge < -0.3 is 14.1 Å². The van der Waals surface area contributed by atoms with Crippen molar-refractivity contribution in [1.82, 2.24) is 19.6 Å². The van der Waals surface area contributed by atoms with Crippen molar-refractivity contribution < 1.29 is 13.9 Å². The van der Waals surface area contributed by atoms with Crippen LogP contribution in [0.4, 0.5) is 0 Å². The molecule has 2 aromatic rings. The van der Waals surface area contributed by atoms with Gasteiger partial charge in [-0.2, -0.15) is 5.10 Å². The Balaban J connectivity index is 1.38. The molecule has 2 saturated heterocycles. The van der Waals surface area contributed by atoms with Gasteiger partial charge in [-0.1, -0.05) is 0 Å². The molecule has 4 heterocycles. The highest BCUT2D eigenvalue weighted by Gasteiger charge is 2.41. The molecule has 8 heteroatoms. The van der Waals surface area contributed by atoms with Gasteiger partial charge in [-0.05, 0) is 32.8 Å². The number of aromatic nitrogens is 2. The van der Waals surface area contributed by atoms with Gasteiger partial charge in [-0.25, -0.2) is 0 Å². The number of rotatable bonds is 4. The van der Waals surface area contributed by atoms with Crippen LogP contribution < -0.4 is 5.43 Å². The molecule has 0 unspecified atom stereocenters. The summed E-state index contributed by atoms with van der Waals surface area (Å²) < 4.78 is 13.6. The van der Waals surface area contributed by atoms with E-state index in [2.05, 4.69) is 23.0 Å². The number of carbonyl (C=O) groups excluding carboxylic acids is 1. The van der Waals surface area contributed by atoms with E-state index in [1.165, 1.54) is 12.1 Å². The number of hydrogen-bond acceptors (Lipinski definition) is 6. The minimum Gasteiger partial charge on any atom is -0.456 e. The number of aryl methyl sites for hydroxylation is 2. The second kappa shape index (κ2) is 8.12. The first-order valence-corrected chi connectivity index (χ1v) is 10.3. The van der Waals surface area contributed by atoms with Crippen LogP contribution in [0.15, 0.2) is 33.6 Å². The van der Waals surface area contributed by atoms with Crippen molar-refractivity contribution in [2.75, 3.05) is 32.8 Å². The molecule has 0 aliphatic carbocycles. The second-order valence-corrected chi connectivity index (χ2v) is 7.97. The number of carbonyl (C=O) groups is 1. The molecule has 0 saturated carbocycles. The molecule has 156 valence electrons. The molecule has 4 rings (SSSR count). The average Bonchev–Trinajstić information content (AvgIpc) is 3.16. The molecular formula is C21H28N4O4. The van der Waals surface area contributed by atoms with Crippen LogP contribution in [0.3, 0.4) is 0 Å². The van der Waals surface area contributed by atoms with Gasteiger partial charge in [0, 0.05) is 51.1 Å². The van der Waals surface area contributed by atoms with Gasteiger partial charge in [0.2, 0.25) is 0 Å². The zero-order valence-corrected chi connectivity index (χ0v) is 17.1. The lowest BCUT2D eigenvalue weighted by atomic mass is 9.89. The Bertz CT molecular complexity index is 927. The zero-order chi connectivity index (χ0) is 20.4. The molecule has 2 aliphatic rings. The Morgan fingerprint density at radius 1 is 1.24 bits per heavy atom. The van der Waals surface area contributed by atoms with E-state index in [9.17, 15) is 9.59 Å². The standard InChI is InChI=1S/C21H28N4O4/c1-3-25-7-4-17(22-25)14-23-8-5-21(6-9-23)15-24(10-11-28-21)20(27)19-13-18(26)12-16(2)29-19/h4,7,12-13H,3,5-6,8-11,14-15H2,1-2H3. The van der Waals surface area contributed by atoms with Crippen molar-refractivity contribution >= 4 is 5.91 Å². The molecular weight excluding hydrogens is 372 g/mol. The molecule has 0 bridgehead atoms. The van der Waals surface area contributed by atoms with Crippen LogP contribution in [-0.2, 0) is 17.8 Å². The third-order valence-electron chi connectivity index (χ3n) is 5.81. The summed E-state index contributed by atoms with van der Waals surface area (Å²) in [5, 5.41) is 4.56. The van der Waals surface area contributed by atoms with Gasteiger partial charge in [0.1, 0.15) is 5.76 Å². The normalized spacial score (nSPS) is 19.6. The Morgan fingerprint density at radius 2 is 2.03 bits per heavy atom. The molecule has 2 aliphatic heterocycles. The van der Waals surface area contributed by atoms with E-state index in [1.54, 1.807) is 11.8 Å². The fraction of sp³-hybridized carbons (Fsp3) is 0.571. The number of likely N-dealkylation sites (tertiary alicyclic amines) is 1. The first-order valence-electron chi connectivity index (χ1n) is 10.3. The van der Waals surface area contributed by atoms with Crippen LogP contribution in [0.5, 0.6) is 0 Å². The van der Waals surface area contributed by atoms with Crippen LogP contribution in [0.2, 0.25) is 0 Å². The fourth-order valence-electron chi connectivity index (χ4n) is 4.20. The van der Waals surface area contributed by atoms with Crippen molar-refractivity contribution in [3.05, 3.63) is 51.8 Å². The molecule has 1 spiro atoms. The van der Waals surface area contributed by atoms with Crippen molar-refractivity contribution in [2.24, 2.45) is 0 Å². The lowest BCUT2D eigenvalue weighted by molar-refractivity contribution is -0.128. The number of piperidine rings is 1. The molecule has 0 aromatic carbocycles. The van der Waals surface area contributed by atoms with Crippen molar-refractivity contribution in [3.8, 4) is 0 Å². The summed E-state index contributed by atoms with van der Waals surface area (Å²) in [5.74, 6) is 0.319. The number of nitrogens with zero attached hydrogens (tertiary/aromatic N) is 4. The first-order chi connectivity index (χ1) is 14.0. The van der Waals surface area contributed by atoms with Crippen molar-refractivity contribution in [3.63, 3.8) is 0 Å². The molecule has 2 fully saturated rings. The highest BCUT2D eigenvalue weighted by molar-refractivity contribution is 5.91. The smallest absolute Gasteiger partial charge is 0.289 e. The number of morpholine rings is 1. The third kappa shape index (κ3) is 4.43. The predicted octanol–water partition coefficient (Wildman–Crippen LogP) is 1.67. The number of amides is 1. The molecule has 8 nitrogen and oxygen atoms in total. The summed E-state index contributed by atoms with van der Waals surface area (Å²) in [4.78, 5) is 28.8. The molecule has 1 amide bonds. The Kier molecular flexibility index (Phi) is 5.56. The van der Waals surface area contributed by atoms with Crippen molar-refractivity contribution in [1.29, 1.82) is 0 Å². The van der Waals surface area contributed by atoms with Crippen LogP contribution >= 0.6 is 0 Å². The van der Waals surface area contributed by atoms with E-state index in [4.69, 9.17) is 9.15 Å². The Hall–Kier alpha value is -2.45. The SMILES string of the molecule is CCn1ccc(CN2CCC3(CC2)CN(C(=O)c2cc(=O)cc(C)o2)CCO3)n1. The lowest BCUT2D eigenvalue weighted by Crippen LogP contribution is -2.58. The molecule has 29 heavy (non-hydrogen) atoms. The van der Waals surface area contributed by atoms with Gasteiger partial charge in [-0.15, -0.1) is 0 Å². The van der Waals surface area contributed by atoms with E-state index in [0.717, 1.165) is 44.7 Å². The zero-order valence-electron chi connectivity index (χ0n) is 17.1. The van der Waals surface area contributed by atoms with E-state index in [1.807, 2.05) is 10.9 Å². The van der Waals surface area contributed by atoms with Gasteiger partial charge >= 0.3 is 0 Å². The highest BCUT2D eigenvalue weighted by atomic mass is 16.5. The van der Waals surface area contributed by atoms with Crippen molar-refractivity contribution in [2.45, 2.75) is 45.4 Å². The van der Waals surface area contributed by atoms with Gasteiger partial charge in [-0.3, -0.25) is 19.2 Å². The van der Waals surface area contributed by atoms with E-state index in [0.29, 0.717) is 25.5 Å². The Morgan fingerprint density at radius 3 is 2.72 bits per heavy atom. The van der Waals surface area contributed by atoms with Crippen LogP contribution in [-0.4, -0.2) is 63.9 Å². The monoisotopic (exact) mass is 400 g/mol. The summed E-state index contributed by atoms with van der Waals surface area (Å²) in [6.07, 6.45) is 3.74. The molecule has 0 radical (unpaired) electrons. The molecule has 2 aromatic heterocycles. The van der Waals surface area contributed by atoms with E-state index in [-0.39, 0.29) is 22.7 Å². The number of hydrogen-bond donors (Lipinski definition) is 0. The average molecular weight is 400 g/mol.